The summed E-state index contributed by atoms with van der Waals surface area (Å²) in [5, 5.41) is 2.10. The third-order valence-electron chi connectivity index (χ3n) is 2.73. The van der Waals surface area contributed by atoms with Crippen molar-refractivity contribution in [3.8, 4) is 5.88 Å². The molecule has 0 amide bonds. The van der Waals surface area contributed by atoms with Crippen molar-refractivity contribution in [3.05, 3.63) is 34.9 Å². The molecule has 5 heteroatoms. The molecule has 0 fully saturated rings. The van der Waals surface area contributed by atoms with Crippen molar-refractivity contribution in [2.75, 3.05) is 33.0 Å². The molecule has 0 unspecified atom stereocenters. The molecule has 2 rings (SSSR count). The quantitative estimate of drug-likeness (QED) is 0.691. The van der Waals surface area contributed by atoms with Crippen LogP contribution in [-0.2, 0) is 9.47 Å². The number of ether oxygens (including phenoxy) is 3. The molecule has 0 aliphatic rings. The van der Waals surface area contributed by atoms with Crippen molar-refractivity contribution in [2.45, 2.75) is 6.92 Å². The summed E-state index contributed by atoms with van der Waals surface area (Å²) >= 11 is 3.46. The first-order chi connectivity index (χ1) is 9.81. The van der Waals surface area contributed by atoms with Crippen LogP contribution in [0.15, 0.2) is 34.9 Å². The molecule has 20 heavy (non-hydrogen) atoms. The van der Waals surface area contributed by atoms with E-state index in [0.717, 1.165) is 21.9 Å². The molecule has 0 bridgehead atoms. The van der Waals surface area contributed by atoms with Crippen molar-refractivity contribution < 1.29 is 14.2 Å². The minimum absolute atomic E-state index is 0.480. The van der Waals surface area contributed by atoms with Gasteiger partial charge in [0.25, 0.3) is 0 Å². The van der Waals surface area contributed by atoms with Crippen LogP contribution in [0.4, 0.5) is 0 Å². The zero-order valence-electron chi connectivity index (χ0n) is 11.5. The third-order valence-corrected chi connectivity index (χ3v) is 3.23. The molecule has 0 radical (unpaired) electrons. The molecule has 0 atom stereocenters. The van der Waals surface area contributed by atoms with E-state index in [-0.39, 0.29) is 0 Å². The standard InChI is InChI=1S/C15H18BrNO3/c1-2-18-7-8-19-9-10-20-15-14-4-3-13(16)11-12(14)5-6-17-15/h3-6,11H,2,7-10H2,1H3. The molecule has 0 saturated heterocycles. The van der Waals surface area contributed by atoms with Gasteiger partial charge in [0.15, 0.2) is 0 Å². The second-order valence-electron chi connectivity index (χ2n) is 4.14. The summed E-state index contributed by atoms with van der Waals surface area (Å²) in [6.45, 7) is 4.91. The topological polar surface area (TPSA) is 40.6 Å². The van der Waals surface area contributed by atoms with E-state index in [1.54, 1.807) is 6.20 Å². The minimum Gasteiger partial charge on any atom is -0.475 e. The highest BCUT2D eigenvalue weighted by Crippen LogP contribution is 2.25. The molecule has 2 aromatic rings. The van der Waals surface area contributed by atoms with Crippen LogP contribution in [0.25, 0.3) is 10.8 Å². The Labute approximate surface area is 127 Å². The van der Waals surface area contributed by atoms with E-state index in [9.17, 15) is 0 Å². The van der Waals surface area contributed by atoms with E-state index in [4.69, 9.17) is 14.2 Å². The van der Waals surface area contributed by atoms with E-state index in [2.05, 4.69) is 20.9 Å². The number of hydrogen-bond donors (Lipinski definition) is 0. The first kappa shape index (κ1) is 15.2. The number of nitrogens with zero attached hydrogens (tertiary/aromatic N) is 1. The number of pyridine rings is 1. The second-order valence-corrected chi connectivity index (χ2v) is 5.05. The van der Waals surface area contributed by atoms with E-state index in [1.165, 1.54) is 0 Å². The Bertz CT molecular complexity index is 548. The van der Waals surface area contributed by atoms with Gasteiger partial charge in [-0.3, -0.25) is 0 Å². The highest BCUT2D eigenvalue weighted by Gasteiger charge is 2.03. The van der Waals surface area contributed by atoms with Crippen molar-refractivity contribution in [1.82, 2.24) is 4.98 Å². The normalized spacial score (nSPS) is 10.9. The number of aromatic nitrogens is 1. The lowest BCUT2D eigenvalue weighted by molar-refractivity contribution is 0.0401. The maximum atomic E-state index is 5.67. The predicted octanol–water partition coefficient (Wildman–Crippen LogP) is 3.43. The monoisotopic (exact) mass is 339 g/mol. The van der Waals surface area contributed by atoms with E-state index in [1.807, 2.05) is 31.2 Å². The van der Waals surface area contributed by atoms with Crippen LogP contribution in [0.3, 0.4) is 0 Å². The van der Waals surface area contributed by atoms with Gasteiger partial charge < -0.3 is 14.2 Å². The summed E-state index contributed by atoms with van der Waals surface area (Å²) in [6, 6.07) is 7.99. The van der Waals surface area contributed by atoms with Gasteiger partial charge in [-0.25, -0.2) is 4.98 Å². The van der Waals surface area contributed by atoms with Gasteiger partial charge in [0, 0.05) is 22.7 Å². The van der Waals surface area contributed by atoms with Gasteiger partial charge in [0.05, 0.1) is 19.8 Å². The van der Waals surface area contributed by atoms with Gasteiger partial charge in [0.2, 0.25) is 5.88 Å². The van der Waals surface area contributed by atoms with Crippen LogP contribution in [0.2, 0.25) is 0 Å². The van der Waals surface area contributed by atoms with Crippen molar-refractivity contribution in [3.63, 3.8) is 0 Å². The summed E-state index contributed by atoms with van der Waals surface area (Å²) in [5.74, 6) is 0.642. The predicted molar refractivity (Wildman–Crippen MR) is 82.3 cm³/mol. The summed E-state index contributed by atoms with van der Waals surface area (Å²) in [6.07, 6.45) is 1.75. The molecule has 0 N–H and O–H groups in total. The van der Waals surface area contributed by atoms with Crippen LogP contribution in [-0.4, -0.2) is 38.0 Å². The summed E-state index contributed by atoms with van der Waals surface area (Å²) < 4.78 is 17.3. The van der Waals surface area contributed by atoms with Gasteiger partial charge in [-0.2, -0.15) is 0 Å². The van der Waals surface area contributed by atoms with Gasteiger partial charge in [0.1, 0.15) is 6.61 Å². The molecular weight excluding hydrogens is 322 g/mol. The molecule has 1 aromatic carbocycles. The smallest absolute Gasteiger partial charge is 0.221 e. The molecule has 0 saturated carbocycles. The Kier molecular flexibility index (Phi) is 6.24. The fraction of sp³-hybridized carbons (Fsp3) is 0.400. The average molecular weight is 340 g/mol. The first-order valence-electron chi connectivity index (χ1n) is 6.64. The van der Waals surface area contributed by atoms with Crippen molar-refractivity contribution in [1.29, 1.82) is 0 Å². The average Bonchev–Trinajstić information content (AvgIpc) is 2.46. The molecule has 0 aliphatic carbocycles. The Morgan fingerprint density at radius 1 is 1.05 bits per heavy atom. The van der Waals surface area contributed by atoms with E-state index < -0.39 is 0 Å². The largest absolute Gasteiger partial charge is 0.475 e. The van der Waals surface area contributed by atoms with E-state index in [0.29, 0.717) is 32.3 Å². The molecule has 108 valence electrons. The van der Waals surface area contributed by atoms with Crippen LogP contribution in [0, 0.1) is 0 Å². The fourth-order valence-corrected chi connectivity index (χ4v) is 2.18. The number of halogens is 1. The van der Waals surface area contributed by atoms with Crippen LogP contribution in [0.5, 0.6) is 5.88 Å². The second kappa shape index (κ2) is 8.19. The highest BCUT2D eigenvalue weighted by atomic mass is 79.9. The fourth-order valence-electron chi connectivity index (χ4n) is 1.80. The Morgan fingerprint density at radius 2 is 1.85 bits per heavy atom. The van der Waals surface area contributed by atoms with Gasteiger partial charge in [-0.15, -0.1) is 0 Å². The Morgan fingerprint density at radius 3 is 2.70 bits per heavy atom. The molecule has 4 nitrogen and oxygen atoms in total. The lowest BCUT2D eigenvalue weighted by Crippen LogP contribution is -2.11. The highest BCUT2D eigenvalue weighted by molar-refractivity contribution is 9.10. The lowest BCUT2D eigenvalue weighted by Gasteiger charge is -2.09. The zero-order chi connectivity index (χ0) is 14.2. The zero-order valence-corrected chi connectivity index (χ0v) is 13.1. The third kappa shape index (κ3) is 4.44. The van der Waals surface area contributed by atoms with Gasteiger partial charge in [-0.1, -0.05) is 15.9 Å². The molecule has 1 heterocycles. The lowest BCUT2D eigenvalue weighted by atomic mass is 10.2. The summed E-state index contributed by atoms with van der Waals surface area (Å²) in [4.78, 5) is 4.27. The molecule has 0 aliphatic heterocycles. The van der Waals surface area contributed by atoms with Gasteiger partial charge in [-0.05, 0) is 36.6 Å². The number of fused-ring (bicyclic) bond motifs is 1. The number of hydrogen-bond acceptors (Lipinski definition) is 4. The van der Waals surface area contributed by atoms with E-state index >= 15 is 0 Å². The SMILES string of the molecule is CCOCCOCCOc1nccc2cc(Br)ccc12. The minimum atomic E-state index is 0.480. The molecule has 0 spiro atoms. The maximum Gasteiger partial charge on any atom is 0.221 e. The van der Waals surface area contributed by atoms with Crippen molar-refractivity contribution in [2.24, 2.45) is 0 Å². The van der Waals surface area contributed by atoms with Crippen LogP contribution >= 0.6 is 15.9 Å². The summed E-state index contributed by atoms with van der Waals surface area (Å²) in [7, 11) is 0. The first-order valence-corrected chi connectivity index (χ1v) is 7.43. The Balaban J connectivity index is 1.84. The van der Waals surface area contributed by atoms with Crippen LogP contribution < -0.4 is 4.74 Å². The summed E-state index contributed by atoms with van der Waals surface area (Å²) in [5.41, 5.74) is 0. The maximum absolute atomic E-state index is 5.67. The Hall–Kier alpha value is -1.17. The number of benzene rings is 1. The van der Waals surface area contributed by atoms with Crippen LogP contribution in [0.1, 0.15) is 6.92 Å². The number of rotatable bonds is 8. The van der Waals surface area contributed by atoms with Crippen molar-refractivity contribution >= 4 is 26.7 Å². The molecular formula is C15H18BrNO3. The van der Waals surface area contributed by atoms with Gasteiger partial charge >= 0.3 is 0 Å². The molecule has 1 aromatic heterocycles.